The number of carbonyl (C=O) groups excluding carboxylic acids is 1. The van der Waals surface area contributed by atoms with Crippen molar-refractivity contribution < 1.29 is 13.2 Å². The van der Waals surface area contributed by atoms with Crippen LogP contribution < -0.4 is 5.73 Å². The first-order chi connectivity index (χ1) is 15.3. The summed E-state index contributed by atoms with van der Waals surface area (Å²) in [5.74, 6) is -0.769. The highest BCUT2D eigenvalue weighted by Gasteiger charge is 2.31. The molecule has 2 aromatic carbocycles. The second-order valence-electron chi connectivity index (χ2n) is 8.38. The predicted molar refractivity (Wildman–Crippen MR) is 125 cm³/mol. The van der Waals surface area contributed by atoms with E-state index in [4.69, 9.17) is 11.1 Å². The molecular weight excluding hydrogens is 424 g/mol. The number of hydrogen-bond acceptors (Lipinski definition) is 4. The Balaban J connectivity index is 1.45. The summed E-state index contributed by atoms with van der Waals surface area (Å²) in [6.07, 6.45) is 3.33. The van der Waals surface area contributed by atoms with E-state index in [2.05, 4.69) is 10.6 Å². The number of nitrogen functional groups attached to an aromatic ring is 1. The van der Waals surface area contributed by atoms with Crippen LogP contribution in [0.15, 0.2) is 59.5 Å². The molecule has 1 saturated heterocycles. The minimum absolute atomic E-state index is 0.0410. The summed E-state index contributed by atoms with van der Waals surface area (Å²) < 4.78 is 27.4. The first-order valence-electron chi connectivity index (χ1n) is 10.8. The van der Waals surface area contributed by atoms with Crippen molar-refractivity contribution >= 4 is 32.5 Å². The average molecular weight is 453 g/mol. The Morgan fingerprint density at radius 3 is 2.62 bits per heavy atom. The van der Waals surface area contributed by atoms with Crippen molar-refractivity contribution in [3.05, 3.63) is 65.9 Å². The number of amidine groups is 1. The first kappa shape index (κ1) is 22.1. The smallest absolute Gasteiger partial charge is 0.238 e. The second-order valence-corrected chi connectivity index (χ2v) is 10.4. The Kier molecular flexibility index (Phi) is 6.06. The van der Waals surface area contributed by atoms with Crippen LogP contribution >= 0.6 is 0 Å². The predicted octanol–water partition coefficient (Wildman–Crippen LogP) is 2.86. The number of aryl methyl sites for hydroxylation is 2. The zero-order valence-electron chi connectivity index (χ0n) is 18.1. The van der Waals surface area contributed by atoms with Gasteiger partial charge in [0.15, 0.2) is 9.84 Å². The van der Waals surface area contributed by atoms with Gasteiger partial charge in [0.1, 0.15) is 11.6 Å². The van der Waals surface area contributed by atoms with Gasteiger partial charge < -0.3 is 15.2 Å². The van der Waals surface area contributed by atoms with Gasteiger partial charge in [-0.2, -0.15) is 0 Å². The number of sulfone groups is 1. The van der Waals surface area contributed by atoms with Crippen molar-refractivity contribution in [2.45, 2.75) is 36.6 Å². The molecule has 0 spiro atoms. The van der Waals surface area contributed by atoms with E-state index >= 15 is 0 Å². The van der Waals surface area contributed by atoms with E-state index in [1.165, 1.54) is 12.1 Å². The summed E-state index contributed by atoms with van der Waals surface area (Å²) in [6, 6.07) is 16.0. The van der Waals surface area contributed by atoms with Crippen LogP contribution in [0.5, 0.6) is 0 Å². The van der Waals surface area contributed by atoms with Gasteiger partial charge in [0.2, 0.25) is 5.91 Å². The summed E-state index contributed by atoms with van der Waals surface area (Å²) in [5.41, 5.74) is 8.46. The first-order valence-corrected chi connectivity index (χ1v) is 12.4. The minimum atomic E-state index is -3.65. The van der Waals surface area contributed by atoms with Crippen LogP contribution in [0.4, 0.5) is 0 Å². The third-order valence-corrected chi connectivity index (χ3v) is 7.92. The maximum absolute atomic E-state index is 12.9. The third-order valence-electron chi connectivity index (χ3n) is 6.30. The standard InChI is InChI=1S/C24H28N4O3S/c1-27-20(14-17-9-10-18(24(25)26)15-22(17)27)12-11-19-6-5-13-28(19)23(29)16-32(30,31)21-7-3-2-4-8-21/h2-4,7-10,14-15,19H,5-6,11-13,16H2,1H3,(H3,25,26)/t19-/m0/s1. The molecule has 1 amide bonds. The highest BCUT2D eigenvalue weighted by Crippen LogP contribution is 2.26. The Morgan fingerprint density at radius 2 is 1.91 bits per heavy atom. The van der Waals surface area contributed by atoms with E-state index in [0.717, 1.165) is 42.3 Å². The van der Waals surface area contributed by atoms with Crippen LogP contribution in [0.3, 0.4) is 0 Å². The van der Waals surface area contributed by atoms with E-state index in [0.29, 0.717) is 12.1 Å². The Hall–Kier alpha value is -3.13. The lowest BCUT2D eigenvalue weighted by molar-refractivity contribution is -0.129. The van der Waals surface area contributed by atoms with Gasteiger partial charge >= 0.3 is 0 Å². The fourth-order valence-electron chi connectivity index (χ4n) is 4.53. The maximum atomic E-state index is 12.9. The second kappa shape index (κ2) is 8.78. The molecule has 7 nitrogen and oxygen atoms in total. The molecule has 8 heteroatoms. The number of nitrogens with one attached hydrogen (secondary N) is 1. The van der Waals surface area contributed by atoms with Gasteiger partial charge in [-0.05, 0) is 55.3 Å². The highest BCUT2D eigenvalue weighted by molar-refractivity contribution is 7.92. The van der Waals surface area contributed by atoms with Gasteiger partial charge in [0.05, 0.1) is 4.90 Å². The molecule has 2 heterocycles. The molecule has 1 atom stereocenters. The Bertz CT molecular complexity index is 1270. The number of fused-ring (bicyclic) bond motifs is 1. The van der Waals surface area contributed by atoms with Crippen molar-refractivity contribution in [3.8, 4) is 0 Å². The molecule has 1 aliphatic heterocycles. The molecule has 3 N–H and O–H groups in total. The number of aromatic nitrogens is 1. The highest BCUT2D eigenvalue weighted by atomic mass is 32.2. The summed E-state index contributed by atoms with van der Waals surface area (Å²) >= 11 is 0. The molecule has 168 valence electrons. The summed E-state index contributed by atoms with van der Waals surface area (Å²) in [7, 11) is -1.65. The van der Waals surface area contributed by atoms with Crippen LogP contribution in [-0.4, -0.2) is 48.0 Å². The van der Waals surface area contributed by atoms with Crippen LogP contribution in [-0.2, 0) is 28.1 Å². The molecule has 0 bridgehead atoms. The number of likely N-dealkylation sites (tertiary alicyclic amines) is 1. The van der Waals surface area contributed by atoms with Crippen molar-refractivity contribution in [2.75, 3.05) is 12.3 Å². The zero-order valence-corrected chi connectivity index (χ0v) is 18.9. The number of rotatable bonds is 7. The number of nitrogens with two attached hydrogens (primary N) is 1. The number of nitrogens with zero attached hydrogens (tertiary/aromatic N) is 2. The molecule has 0 radical (unpaired) electrons. The molecule has 1 aromatic heterocycles. The maximum Gasteiger partial charge on any atom is 0.238 e. The topological polar surface area (TPSA) is 109 Å². The van der Waals surface area contributed by atoms with E-state index in [-0.39, 0.29) is 22.7 Å². The van der Waals surface area contributed by atoms with Crippen molar-refractivity contribution in [3.63, 3.8) is 0 Å². The lowest BCUT2D eigenvalue weighted by Gasteiger charge is -2.25. The van der Waals surface area contributed by atoms with Crippen LogP contribution in [0.1, 0.15) is 30.5 Å². The third kappa shape index (κ3) is 4.41. The molecule has 1 fully saturated rings. The van der Waals surface area contributed by atoms with Gasteiger partial charge in [-0.1, -0.05) is 30.3 Å². The molecule has 0 unspecified atom stereocenters. The lowest BCUT2D eigenvalue weighted by Crippen LogP contribution is -2.39. The summed E-state index contributed by atoms with van der Waals surface area (Å²) in [6.45, 7) is 0.602. The number of amides is 1. The number of benzene rings is 2. The molecule has 0 saturated carbocycles. The zero-order chi connectivity index (χ0) is 22.9. The summed E-state index contributed by atoms with van der Waals surface area (Å²) in [4.78, 5) is 14.8. The Labute approximate surface area is 188 Å². The van der Waals surface area contributed by atoms with Crippen molar-refractivity contribution in [1.82, 2.24) is 9.47 Å². The molecule has 32 heavy (non-hydrogen) atoms. The van der Waals surface area contributed by atoms with E-state index in [1.54, 1.807) is 23.1 Å². The SMILES string of the molecule is Cn1c(CC[C@@H]2CCCN2C(=O)CS(=O)(=O)c2ccccc2)cc2ccc(C(=N)N)cc21. The normalized spacial score (nSPS) is 16.5. The minimum Gasteiger partial charge on any atom is -0.384 e. The van der Waals surface area contributed by atoms with Crippen LogP contribution in [0.25, 0.3) is 10.9 Å². The monoisotopic (exact) mass is 452 g/mol. The summed E-state index contributed by atoms with van der Waals surface area (Å²) in [5, 5.41) is 8.73. The van der Waals surface area contributed by atoms with E-state index in [1.807, 2.05) is 25.2 Å². The molecular formula is C24H28N4O3S. The molecule has 1 aliphatic rings. The molecule has 3 aromatic rings. The molecule has 0 aliphatic carbocycles. The van der Waals surface area contributed by atoms with Crippen molar-refractivity contribution in [1.29, 1.82) is 5.41 Å². The van der Waals surface area contributed by atoms with Crippen LogP contribution in [0, 0.1) is 5.41 Å². The van der Waals surface area contributed by atoms with Gasteiger partial charge in [-0.25, -0.2) is 8.42 Å². The van der Waals surface area contributed by atoms with Gasteiger partial charge in [-0.3, -0.25) is 10.2 Å². The van der Waals surface area contributed by atoms with Gasteiger partial charge in [0.25, 0.3) is 0 Å². The van der Waals surface area contributed by atoms with Crippen LogP contribution in [0.2, 0.25) is 0 Å². The van der Waals surface area contributed by atoms with E-state index < -0.39 is 15.6 Å². The lowest BCUT2D eigenvalue weighted by atomic mass is 10.1. The molecule has 4 rings (SSSR count). The number of carbonyl (C=O) groups is 1. The average Bonchev–Trinajstić information content (AvgIpc) is 3.37. The van der Waals surface area contributed by atoms with E-state index in [9.17, 15) is 13.2 Å². The number of hydrogen-bond donors (Lipinski definition) is 2. The quantitative estimate of drug-likeness (QED) is 0.424. The Morgan fingerprint density at radius 1 is 1.16 bits per heavy atom. The fraction of sp³-hybridized carbons (Fsp3) is 0.333. The largest absolute Gasteiger partial charge is 0.384 e. The van der Waals surface area contributed by atoms with Crippen molar-refractivity contribution in [2.24, 2.45) is 12.8 Å². The van der Waals surface area contributed by atoms with Gasteiger partial charge in [0, 0.05) is 36.4 Å². The fourth-order valence-corrected chi connectivity index (χ4v) is 5.76. The van der Waals surface area contributed by atoms with Gasteiger partial charge in [-0.15, -0.1) is 0 Å².